The van der Waals surface area contributed by atoms with E-state index in [1.165, 1.54) is 22.4 Å². The minimum Gasteiger partial charge on any atom is -0.267 e. The molecule has 0 aliphatic carbocycles. The van der Waals surface area contributed by atoms with E-state index in [1.54, 1.807) is 0 Å². The van der Waals surface area contributed by atoms with Crippen molar-refractivity contribution < 1.29 is 0 Å². The maximum absolute atomic E-state index is 4.43. The summed E-state index contributed by atoms with van der Waals surface area (Å²) >= 11 is 0. The van der Waals surface area contributed by atoms with Crippen LogP contribution in [0, 0.1) is 20.8 Å². The molecule has 0 aliphatic rings. The van der Waals surface area contributed by atoms with Crippen molar-refractivity contribution in [3.05, 3.63) is 41.1 Å². The second kappa shape index (κ2) is 3.54. The van der Waals surface area contributed by atoms with Gasteiger partial charge in [-0.2, -0.15) is 5.10 Å². The lowest BCUT2D eigenvalue weighted by Gasteiger charge is -2.04. The molecule has 0 fully saturated rings. The van der Waals surface area contributed by atoms with E-state index in [-0.39, 0.29) is 0 Å². The van der Waals surface area contributed by atoms with Crippen LogP contribution in [0.1, 0.15) is 16.8 Å². The van der Waals surface area contributed by atoms with Crippen molar-refractivity contribution in [1.82, 2.24) is 9.78 Å². The number of benzene rings is 1. The lowest BCUT2D eigenvalue weighted by atomic mass is 10.1. The maximum Gasteiger partial charge on any atom is 0.0710 e. The van der Waals surface area contributed by atoms with E-state index in [0.29, 0.717) is 0 Å². The highest BCUT2D eigenvalue weighted by Gasteiger charge is 2.10. The smallest absolute Gasteiger partial charge is 0.0710 e. The van der Waals surface area contributed by atoms with Gasteiger partial charge in [0.2, 0.25) is 0 Å². The van der Waals surface area contributed by atoms with Gasteiger partial charge in [-0.1, -0.05) is 29.8 Å². The molecule has 2 rings (SSSR count). The van der Waals surface area contributed by atoms with Gasteiger partial charge in [0.05, 0.1) is 11.4 Å². The average molecular weight is 200 g/mol. The van der Waals surface area contributed by atoms with E-state index in [0.717, 1.165) is 5.69 Å². The Kier molecular flexibility index (Phi) is 2.35. The summed E-state index contributed by atoms with van der Waals surface area (Å²) in [4.78, 5) is 0. The number of hydrogen-bond donors (Lipinski definition) is 0. The molecule has 0 atom stereocenters. The predicted octanol–water partition coefficient (Wildman–Crippen LogP) is 3.01. The summed E-state index contributed by atoms with van der Waals surface area (Å²) in [7, 11) is 2.00. The molecule has 0 spiro atoms. The fourth-order valence-corrected chi connectivity index (χ4v) is 1.88. The fraction of sp³-hybridized carbons (Fsp3) is 0.308. The molecular formula is C13H16N2. The molecule has 0 amide bonds. The van der Waals surface area contributed by atoms with Crippen LogP contribution < -0.4 is 0 Å². The van der Waals surface area contributed by atoms with E-state index >= 15 is 0 Å². The monoisotopic (exact) mass is 200 g/mol. The first-order chi connectivity index (χ1) is 7.09. The second-order valence-corrected chi connectivity index (χ2v) is 4.05. The van der Waals surface area contributed by atoms with Crippen LogP contribution in [0.25, 0.3) is 11.3 Å². The zero-order valence-electron chi connectivity index (χ0n) is 9.70. The van der Waals surface area contributed by atoms with Gasteiger partial charge in [-0.15, -0.1) is 0 Å². The molecule has 0 bridgehead atoms. The molecule has 0 saturated carbocycles. The first-order valence-corrected chi connectivity index (χ1v) is 5.17. The van der Waals surface area contributed by atoms with Gasteiger partial charge in [-0.3, -0.25) is 4.68 Å². The Labute approximate surface area is 90.6 Å². The number of hydrogen-bond acceptors (Lipinski definition) is 1. The van der Waals surface area contributed by atoms with Crippen molar-refractivity contribution in [1.29, 1.82) is 0 Å². The number of aryl methyl sites for hydroxylation is 3. The average Bonchev–Trinajstić information content (AvgIpc) is 2.44. The van der Waals surface area contributed by atoms with Crippen LogP contribution in [0.4, 0.5) is 0 Å². The van der Waals surface area contributed by atoms with E-state index in [2.05, 4.69) is 43.2 Å². The Morgan fingerprint density at radius 2 is 1.60 bits per heavy atom. The summed E-state index contributed by atoms with van der Waals surface area (Å²) in [6, 6.07) is 8.58. The van der Waals surface area contributed by atoms with E-state index in [9.17, 15) is 0 Å². The van der Waals surface area contributed by atoms with Gasteiger partial charge >= 0.3 is 0 Å². The molecule has 0 N–H and O–H groups in total. The molecule has 0 saturated heterocycles. The SMILES string of the molecule is Cc1ccc(-c2c(C)c(C)nn2C)cc1. The molecule has 2 nitrogen and oxygen atoms in total. The third-order valence-corrected chi connectivity index (χ3v) is 2.85. The normalized spacial score (nSPS) is 10.7. The molecule has 1 aromatic heterocycles. The van der Waals surface area contributed by atoms with Gasteiger partial charge in [-0.05, 0) is 26.3 Å². The van der Waals surface area contributed by atoms with Crippen LogP contribution in [0.15, 0.2) is 24.3 Å². The van der Waals surface area contributed by atoms with Crippen molar-refractivity contribution in [2.24, 2.45) is 7.05 Å². The third kappa shape index (κ3) is 1.67. The van der Waals surface area contributed by atoms with Crippen LogP contribution in [0.3, 0.4) is 0 Å². The summed E-state index contributed by atoms with van der Waals surface area (Å²) in [5.74, 6) is 0. The number of nitrogens with zero attached hydrogens (tertiary/aromatic N) is 2. The van der Waals surface area contributed by atoms with Gasteiger partial charge < -0.3 is 0 Å². The molecular weight excluding hydrogens is 184 g/mol. The summed E-state index contributed by atoms with van der Waals surface area (Å²) in [5.41, 5.74) is 6.11. The molecule has 0 unspecified atom stereocenters. The minimum atomic E-state index is 1.10. The van der Waals surface area contributed by atoms with Gasteiger partial charge in [0.15, 0.2) is 0 Å². The highest BCUT2D eigenvalue weighted by molar-refractivity contribution is 5.64. The van der Waals surface area contributed by atoms with Crippen LogP contribution in [0.2, 0.25) is 0 Å². The quantitative estimate of drug-likeness (QED) is 0.692. The first-order valence-electron chi connectivity index (χ1n) is 5.17. The van der Waals surface area contributed by atoms with Crippen LogP contribution in [0.5, 0.6) is 0 Å². The van der Waals surface area contributed by atoms with Crippen molar-refractivity contribution in [2.75, 3.05) is 0 Å². The lowest BCUT2D eigenvalue weighted by molar-refractivity contribution is 0.764. The molecule has 0 aliphatic heterocycles. The van der Waals surface area contributed by atoms with Crippen LogP contribution >= 0.6 is 0 Å². The third-order valence-electron chi connectivity index (χ3n) is 2.85. The summed E-state index contributed by atoms with van der Waals surface area (Å²) in [6.07, 6.45) is 0. The topological polar surface area (TPSA) is 17.8 Å². The largest absolute Gasteiger partial charge is 0.267 e. The molecule has 1 heterocycles. The lowest BCUT2D eigenvalue weighted by Crippen LogP contribution is -1.94. The van der Waals surface area contributed by atoms with E-state index < -0.39 is 0 Å². The summed E-state index contributed by atoms with van der Waals surface area (Å²) in [6.45, 7) is 6.27. The number of rotatable bonds is 1. The van der Waals surface area contributed by atoms with Gasteiger partial charge in [-0.25, -0.2) is 0 Å². The Balaban J connectivity index is 2.58. The van der Waals surface area contributed by atoms with E-state index in [4.69, 9.17) is 0 Å². The molecule has 2 heteroatoms. The van der Waals surface area contributed by atoms with Crippen molar-refractivity contribution >= 4 is 0 Å². The molecule has 78 valence electrons. The van der Waals surface area contributed by atoms with Crippen LogP contribution in [-0.4, -0.2) is 9.78 Å². The molecule has 2 aromatic rings. The zero-order chi connectivity index (χ0) is 11.0. The highest BCUT2D eigenvalue weighted by Crippen LogP contribution is 2.24. The standard InChI is InChI=1S/C13H16N2/c1-9-5-7-12(8-6-9)13-10(2)11(3)14-15(13)4/h5-8H,1-4H3. The Hall–Kier alpha value is -1.57. The number of aromatic nitrogens is 2. The van der Waals surface area contributed by atoms with Gasteiger partial charge in [0, 0.05) is 12.6 Å². The Morgan fingerprint density at radius 3 is 2.07 bits per heavy atom. The fourth-order valence-electron chi connectivity index (χ4n) is 1.88. The zero-order valence-corrected chi connectivity index (χ0v) is 9.70. The molecule has 1 aromatic carbocycles. The van der Waals surface area contributed by atoms with Gasteiger partial charge in [0.25, 0.3) is 0 Å². The van der Waals surface area contributed by atoms with Crippen molar-refractivity contribution in [3.63, 3.8) is 0 Å². The highest BCUT2D eigenvalue weighted by atomic mass is 15.3. The predicted molar refractivity (Wildman–Crippen MR) is 62.9 cm³/mol. The first kappa shape index (κ1) is 9.97. The maximum atomic E-state index is 4.43. The van der Waals surface area contributed by atoms with E-state index in [1.807, 2.05) is 18.7 Å². The minimum absolute atomic E-state index is 1.10. The Bertz CT molecular complexity index is 478. The summed E-state index contributed by atoms with van der Waals surface area (Å²) in [5, 5.41) is 4.43. The second-order valence-electron chi connectivity index (χ2n) is 4.05. The summed E-state index contributed by atoms with van der Waals surface area (Å²) < 4.78 is 1.95. The Morgan fingerprint density at radius 1 is 1.00 bits per heavy atom. The van der Waals surface area contributed by atoms with Crippen LogP contribution in [-0.2, 0) is 7.05 Å². The van der Waals surface area contributed by atoms with Crippen molar-refractivity contribution in [2.45, 2.75) is 20.8 Å². The van der Waals surface area contributed by atoms with Gasteiger partial charge in [0.1, 0.15) is 0 Å². The molecule has 15 heavy (non-hydrogen) atoms. The molecule has 0 radical (unpaired) electrons. The van der Waals surface area contributed by atoms with Crippen molar-refractivity contribution in [3.8, 4) is 11.3 Å².